The minimum absolute atomic E-state index is 0.0694. The van der Waals surface area contributed by atoms with Crippen molar-refractivity contribution in [2.45, 2.75) is 26.3 Å². The van der Waals surface area contributed by atoms with E-state index in [2.05, 4.69) is 10.6 Å². The summed E-state index contributed by atoms with van der Waals surface area (Å²) in [6.45, 7) is 3.93. The molecule has 2 rings (SSSR count). The lowest BCUT2D eigenvalue weighted by Gasteiger charge is -2.19. The molecule has 2 amide bonds. The summed E-state index contributed by atoms with van der Waals surface area (Å²) in [6, 6.07) is 14.4. The molecule has 0 aliphatic rings. The highest BCUT2D eigenvalue weighted by atomic mass is 16.5. The molecular formula is C20H24N2O4. The van der Waals surface area contributed by atoms with Crippen LogP contribution in [-0.2, 0) is 9.53 Å². The zero-order chi connectivity index (χ0) is 18.9. The van der Waals surface area contributed by atoms with Crippen LogP contribution in [0.15, 0.2) is 48.5 Å². The van der Waals surface area contributed by atoms with Gasteiger partial charge in [-0.05, 0) is 37.1 Å². The summed E-state index contributed by atoms with van der Waals surface area (Å²) in [6.07, 6.45) is -0.484. The number of rotatable bonds is 7. The van der Waals surface area contributed by atoms with E-state index in [9.17, 15) is 9.59 Å². The number of aryl methyl sites for hydroxylation is 1. The van der Waals surface area contributed by atoms with Gasteiger partial charge in [-0.3, -0.25) is 4.79 Å². The van der Waals surface area contributed by atoms with Gasteiger partial charge in [0.15, 0.2) is 0 Å². The maximum absolute atomic E-state index is 12.6. The molecule has 0 aromatic heterocycles. The van der Waals surface area contributed by atoms with Crippen molar-refractivity contribution in [2.24, 2.45) is 0 Å². The molecule has 0 fully saturated rings. The van der Waals surface area contributed by atoms with Crippen LogP contribution >= 0.6 is 0 Å². The first kappa shape index (κ1) is 19.3. The van der Waals surface area contributed by atoms with Gasteiger partial charge >= 0.3 is 6.09 Å². The van der Waals surface area contributed by atoms with Crippen LogP contribution in [0, 0.1) is 6.92 Å². The summed E-state index contributed by atoms with van der Waals surface area (Å²) in [5.41, 5.74) is 2.43. The largest absolute Gasteiger partial charge is 0.495 e. The van der Waals surface area contributed by atoms with Gasteiger partial charge in [-0.2, -0.15) is 0 Å². The first-order valence-electron chi connectivity index (χ1n) is 8.46. The highest BCUT2D eigenvalue weighted by molar-refractivity contribution is 5.93. The number of alkyl carbamates (subject to hydrolysis) is 1. The molecule has 138 valence electrons. The average molecular weight is 356 g/mol. The standard InChI is InChI=1S/C20H24N2O4/c1-4-26-20(24)22-16(15-8-6-5-7-9-15)13-19(23)21-17-12-14(2)10-11-18(17)25-3/h5-12,16H,4,13H2,1-3H3,(H,21,23)(H,22,24)/t16-/m1/s1. The van der Waals surface area contributed by atoms with Gasteiger partial charge in [-0.25, -0.2) is 4.79 Å². The van der Waals surface area contributed by atoms with Gasteiger partial charge in [0.2, 0.25) is 5.91 Å². The van der Waals surface area contributed by atoms with Gasteiger partial charge in [0, 0.05) is 0 Å². The maximum atomic E-state index is 12.6. The van der Waals surface area contributed by atoms with Crippen LogP contribution in [0.2, 0.25) is 0 Å². The summed E-state index contributed by atoms with van der Waals surface area (Å²) >= 11 is 0. The number of hydrogen-bond acceptors (Lipinski definition) is 4. The molecule has 2 aromatic carbocycles. The monoisotopic (exact) mass is 356 g/mol. The van der Waals surface area contributed by atoms with Crippen molar-refractivity contribution in [2.75, 3.05) is 19.0 Å². The topological polar surface area (TPSA) is 76.7 Å². The number of benzene rings is 2. The highest BCUT2D eigenvalue weighted by Gasteiger charge is 2.19. The molecule has 0 radical (unpaired) electrons. The van der Waals surface area contributed by atoms with Gasteiger partial charge < -0.3 is 20.1 Å². The van der Waals surface area contributed by atoms with Gasteiger partial charge in [0.05, 0.1) is 31.9 Å². The molecule has 0 aliphatic heterocycles. The van der Waals surface area contributed by atoms with E-state index in [0.717, 1.165) is 11.1 Å². The number of carbonyl (C=O) groups excluding carboxylic acids is 2. The van der Waals surface area contributed by atoms with Crippen LogP contribution < -0.4 is 15.4 Å². The third-order valence-electron chi connectivity index (χ3n) is 3.79. The molecule has 6 nitrogen and oxygen atoms in total. The summed E-state index contributed by atoms with van der Waals surface area (Å²) in [7, 11) is 1.55. The van der Waals surface area contributed by atoms with Gasteiger partial charge in [-0.15, -0.1) is 0 Å². The van der Waals surface area contributed by atoms with Crippen molar-refractivity contribution >= 4 is 17.7 Å². The predicted molar refractivity (Wildman–Crippen MR) is 100 cm³/mol. The molecule has 0 unspecified atom stereocenters. The van der Waals surface area contributed by atoms with E-state index in [1.165, 1.54) is 0 Å². The number of carbonyl (C=O) groups is 2. The number of amides is 2. The highest BCUT2D eigenvalue weighted by Crippen LogP contribution is 2.26. The number of anilines is 1. The fourth-order valence-electron chi connectivity index (χ4n) is 2.56. The van der Waals surface area contributed by atoms with E-state index in [0.29, 0.717) is 11.4 Å². The number of hydrogen-bond donors (Lipinski definition) is 2. The van der Waals surface area contributed by atoms with Crippen LogP contribution in [0.4, 0.5) is 10.5 Å². The molecular weight excluding hydrogens is 332 g/mol. The molecule has 26 heavy (non-hydrogen) atoms. The molecule has 0 bridgehead atoms. The molecule has 2 aromatic rings. The zero-order valence-corrected chi connectivity index (χ0v) is 15.2. The molecule has 0 spiro atoms. The normalized spacial score (nSPS) is 11.3. The lowest BCUT2D eigenvalue weighted by molar-refractivity contribution is -0.116. The Kier molecular flexibility index (Phi) is 7.02. The van der Waals surface area contributed by atoms with E-state index < -0.39 is 12.1 Å². The third kappa shape index (κ3) is 5.51. The van der Waals surface area contributed by atoms with Gasteiger partial charge in [-0.1, -0.05) is 36.4 Å². The Morgan fingerprint density at radius 1 is 1.12 bits per heavy atom. The second kappa shape index (κ2) is 9.46. The van der Waals surface area contributed by atoms with Crippen molar-refractivity contribution in [3.8, 4) is 5.75 Å². The first-order chi connectivity index (χ1) is 12.5. The fraction of sp³-hybridized carbons (Fsp3) is 0.300. The first-order valence-corrected chi connectivity index (χ1v) is 8.46. The molecule has 1 atom stereocenters. The summed E-state index contributed by atoms with van der Waals surface area (Å²) in [5, 5.41) is 5.59. The quantitative estimate of drug-likeness (QED) is 0.791. The van der Waals surface area contributed by atoms with Crippen LogP contribution in [0.25, 0.3) is 0 Å². The lowest BCUT2D eigenvalue weighted by Crippen LogP contribution is -2.32. The molecule has 0 saturated heterocycles. The smallest absolute Gasteiger partial charge is 0.407 e. The molecule has 0 saturated carbocycles. The Labute approximate surface area is 153 Å². The third-order valence-corrected chi connectivity index (χ3v) is 3.79. The van der Waals surface area contributed by atoms with Crippen molar-refractivity contribution in [1.29, 1.82) is 0 Å². The average Bonchev–Trinajstić information content (AvgIpc) is 2.62. The van der Waals surface area contributed by atoms with Crippen LogP contribution in [0.5, 0.6) is 5.75 Å². The molecule has 2 N–H and O–H groups in total. The lowest BCUT2D eigenvalue weighted by atomic mass is 10.0. The minimum atomic E-state index is -0.553. The second-order valence-electron chi connectivity index (χ2n) is 5.78. The predicted octanol–water partition coefficient (Wildman–Crippen LogP) is 3.82. The number of nitrogens with one attached hydrogen (secondary N) is 2. The van der Waals surface area contributed by atoms with Gasteiger partial charge in [0.1, 0.15) is 5.75 Å². The zero-order valence-electron chi connectivity index (χ0n) is 15.2. The Bertz CT molecular complexity index is 747. The van der Waals surface area contributed by atoms with Crippen LogP contribution in [0.1, 0.15) is 30.5 Å². The summed E-state index contributed by atoms with van der Waals surface area (Å²) in [5.74, 6) is 0.345. The SMILES string of the molecule is CCOC(=O)N[C@H](CC(=O)Nc1cc(C)ccc1OC)c1ccccc1. The molecule has 6 heteroatoms. The van der Waals surface area contributed by atoms with Crippen LogP contribution in [0.3, 0.4) is 0 Å². The minimum Gasteiger partial charge on any atom is -0.495 e. The summed E-state index contributed by atoms with van der Waals surface area (Å²) < 4.78 is 10.2. The Balaban J connectivity index is 2.13. The van der Waals surface area contributed by atoms with Crippen LogP contribution in [-0.4, -0.2) is 25.7 Å². The Morgan fingerprint density at radius 2 is 1.85 bits per heavy atom. The molecule has 0 heterocycles. The molecule has 0 aliphatic carbocycles. The van der Waals surface area contributed by atoms with E-state index >= 15 is 0 Å². The Morgan fingerprint density at radius 3 is 2.50 bits per heavy atom. The van der Waals surface area contributed by atoms with E-state index in [1.54, 1.807) is 20.1 Å². The van der Waals surface area contributed by atoms with Crippen molar-refractivity contribution in [3.63, 3.8) is 0 Å². The van der Waals surface area contributed by atoms with Crippen molar-refractivity contribution < 1.29 is 19.1 Å². The summed E-state index contributed by atoms with van der Waals surface area (Å²) in [4.78, 5) is 24.4. The van der Waals surface area contributed by atoms with Crippen molar-refractivity contribution in [3.05, 3.63) is 59.7 Å². The fourth-order valence-corrected chi connectivity index (χ4v) is 2.56. The van der Waals surface area contributed by atoms with Gasteiger partial charge in [0.25, 0.3) is 0 Å². The van der Waals surface area contributed by atoms with E-state index in [4.69, 9.17) is 9.47 Å². The van der Waals surface area contributed by atoms with Crippen molar-refractivity contribution in [1.82, 2.24) is 5.32 Å². The Hall–Kier alpha value is -3.02. The number of ether oxygens (including phenoxy) is 2. The number of methoxy groups -OCH3 is 1. The van der Waals surface area contributed by atoms with E-state index in [-0.39, 0.29) is 18.9 Å². The maximum Gasteiger partial charge on any atom is 0.407 e. The second-order valence-corrected chi connectivity index (χ2v) is 5.78. The van der Waals surface area contributed by atoms with E-state index in [1.807, 2.05) is 49.4 Å².